The minimum Gasteiger partial charge on any atom is -0.549 e. The van der Waals surface area contributed by atoms with Crippen molar-refractivity contribution in [2.75, 3.05) is 0 Å². The van der Waals surface area contributed by atoms with Crippen LogP contribution in [-0.4, -0.2) is 11.9 Å². The Kier molecular flexibility index (Phi) is 10.1. The molecule has 0 amide bonds. The van der Waals surface area contributed by atoms with Gasteiger partial charge in [0.05, 0.1) is 11.9 Å². The van der Waals surface area contributed by atoms with Crippen LogP contribution in [0.25, 0.3) is 0 Å². The predicted octanol–water partition coefficient (Wildman–Crippen LogP) is 1.80. The maximum absolute atomic E-state index is 10.8. The summed E-state index contributed by atoms with van der Waals surface area (Å²) in [5.41, 5.74) is -1.85. The van der Waals surface area contributed by atoms with Crippen molar-refractivity contribution < 1.29 is 19.8 Å². The molecule has 0 aromatic rings. The molecule has 0 aromatic carbocycles. The second kappa shape index (κ2) is 10.7. The smallest absolute Gasteiger partial charge is 0.0529 e. The van der Waals surface area contributed by atoms with Crippen molar-refractivity contribution in [1.82, 2.24) is 0 Å². The highest BCUT2D eigenvalue weighted by molar-refractivity contribution is 5.95. The number of aliphatic carboxylic acids is 2. The number of carbonyl (C=O) groups is 2. The van der Waals surface area contributed by atoms with Gasteiger partial charge < -0.3 is 19.8 Å². The van der Waals surface area contributed by atoms with E-state index in [4.69, 9.17) is 0 Å². The Morgan fingerprint density at radius 1 is 0.750 bits per heavy atom. The third kappa shape index (κ3) is 7.51. The van der Waals surface area contributed by atoms with Crippen molar-refractivity contribution in [2.24, 2.45) is 5.41 Å². The van der Waals surface area contributed by atoms with E-state index in [1.165, 1.54) is 45.4 Å². The number of rotatable bonds is 13. The van der Waals surface area contributed by atoms with Crippen molar-refractivity contribution >= 4 is 11.9 Å². The topological polar surface area (TPSA) is 80.3 Å². The minimum absolute atomic E-state index is 0.0914. The molecule has 0 aliphatic carbocycles. The van der Waals surface area contributed by atoms with E-state index in [2.05, 4.69) is 6.92 Å². The second-order valence-corrected chi connectivity index (χ2v) is 5.84. The highest BCUT2D eigenvalue weighted by atomic mass is 16.4. The van der Waals surface area contributed by atoms with Crippen molar-refractivity contribution in [2.45, 2.75) is 84.5 Å². The van der Waals surface area contributed by atoms with E-state index in [-0.39, 0.29) is 6.42 Å². The quantitative estimate of drug-likeness (QED) is 0.381. The lowest BCUT2D eigenvalue weighted by Crippen LogP contribution is -2.51. The fourth-order valence-corrected chi connectivity index (χ4v) is 2.25. The number of unbranched alkanes of at least 4 members (excludes halogenated alkanes) is 9. The molecule has 20 heavy (non-hydrogen) atoms. The van der Waals surface area contributed by atoms with Gasteiger partial charge in [-0.25, -0.2) is 0 Å². The fourth-order valence-electron chi connectivity index (χ4n) is 2.25. The molecule has 4 heteroatoms. The van der Waals surface area contributed by atoms with Gasteiger partial charge in [-0.15, -0.1) is 0 Å². The molecule has 0 N–H and O–H groups in total. The summed E-state index contributed by atoms with van der Waals surface area (Å²) in [4.78, 5) is 21.6. The van der Waals surface area contributed by atoms with Crippen LogP contribution in [0.5, 0.6) is 0 Å². The molecule has 0 rings (SSSR count). The first-order valence-corrected chi connectivity index (χ1v) is 7.88. The molecule has 0 unspecified atom stereocenters. The normalized spacial score (nSPS) is 11.5. The van der Waals surface area contributed by atoms with Crippen LogP contribution >= 0.6 is 0 Å². The molecule has 0 fully saturated rings. The van der Waals surface area contributed by atoms with Gasteiger partial charge in [-0.1, -0.05) is 71.1 Å². The average molecular weight is 284 g/mol. The fraction of sp³-hybridized carbons (Fsp3) is 0.875. The van der Waals surface area contributed by atoms with Crippen molar-refractivity contribution in [3.63, 3.8) is 0 Å². The van der Waals surface area contributed by atoms with E-state index in [9.17, 15) is 19.8 Å². The summed E-state index contributed by atoms with van der Waals surface area (Å²) < 4.78 is 0. The molecule has 0 radical (unpaired) electrons. The molecule has 0 aromatic heterocycles. The summed E-state index contributed by atoms with van der Waals surface area (Å²) in [7, 11) is 0. The van der Waals surface area contributed by atoms with E-state index >= 15 is 0 Å². The second-order valence-electron chi connectivity index (χ2n) is 5.84. The predicted molar refractivity (Wildman–Crippen MR) is 74.6 cm³/mol. The first-order chi connectivity index (χ1) is 9.45. The Balaban J connectivity index is 3.56. The first-order valence-electron chi connectivity index (χ1n) is 7.88. The van der Waals surface area contributed by atoms with Gasteiger partial charge >= 0.3 is 0 Å². The molecule has 118 valence electrons. The van der Waals surface area contributed by atoms with Crippen LogP contribution in [0.4, 0.5) is 0 Å². The Bertz CT molecular complexity index is 272. The molecule has 0 aliphatic heterocycles. The van der Waals surface area contributed by atoms with Gasteiger partial charge in [0, 0.05) is 5.41 Å². The van der Waals surface area contributed by atoms with E-state index in [1.807, 2.05) is 0 Å². The monoisotopic (exact) mass is 284 g/mol. The van der Waals surface area contributed by atoms with Crippen LogP contribution in [0, 0.1) is 5.41 Å². The van der Waals surface area contributed by atoms with E-state index in [1.54, 1.807) is 0 Å². The molecule has 0 heterocycles. The van der Waals surface area contributed by atoms with Gasteiger partial charge in [0.15, 0.2) is 0 Å². The highest BCUT2D eigenvalue weighted by Gasteiger charge is 2.26. The van der Waals surface area contributed by atoms with Crippen LogP contribution in [0.2, 0.25) is 0 Å². The zero-order valence-electron chi connectivity index (χ0n) is 12.9. The maximum Gasteiger partial charge on any atom is 0.0529 e. The zero-order valence-corrected chi connectivity index (χ0v) is 12.9. The Labute approximate surface area is 122 Å². The molecule has 0 aliphatic rings. The lowest BCUT2D eigenvalue weighted by atomic mass is 9.85. The molecular weight excluding hydrogens is 256 g/mol. The molecule has 0 saturated heterocycles. The van der Waals surface area contributed by atoms with Gasteiger partial charge in [-0.05, 0) is 13.3 Å². The third-order valence-corrected chi connectivity index (χ3v) is 3.93. The summed E-state index contributed by atoms with van der Waals surface area (Å²) in [6.45, 7) is 3.37. The van der Waals surface area contributed by atoms with Gasteiger partial charge in [0.1, 0.15) is 0 Å². The Morgan fingerprint density at radius 3 is 1.45 bits per heavy atom. The van der Waals surface area contributed by atoms with Gasteiger partial charge in [-0.3, -0.25) is 0 Å². The number of hydrogen-bond acceptors (Lipinski definition) is 4. The number of hydrogen-bond donors (Lipinski definition) is 0. The molecule has 4 nitrogen and oxygen atoms in total. The van der Waals surface area contributed by atoms with Crippen molar-refractivity contribution in [3.05, 3.63) is 0 Å². The Morgan fingerprint density at radius 2 is 1.10 bits per heavy atom. The summed E-state index contributed by atoms with van der Waals surface area (Å²) in [5.74, 6) is -3.10. The number of carboxylic acids is 2. The maximum atomic E-state index is 10.8. The molecular formula is C16H28O4-2. The SMILES string of the molecule is CCCCCCCCCCCCC(C)(C(=O)[O-])C(=O)[O-]. The van der Waals surface area contributed by atoms with Crippen LogP contribution in [0.1, 0.15) is 84.5 Å². The van der Waals surface area contributed by atoms with Crippen LogP contribution in [0.3, 0.4) is 0 Å². The number of carbonyl (C=O) groups excluding carboxylic acids is 2. The van der Waals surface area contributed by atoms with Crippen LogP contribution in [0.15, 0.2) is 0 Å². The van der Waals surface area contributed by atoms with Gasteiger partial charge in [0.2, 0.25) is 0 Å². The minimum atomic E-state index is -1.85. The standard InChI is InChI=1S/C16H30O4/c1-3-4-5-6-7-8-9-10-11-12-13-16(2,14(17)18)15(19)20/h3-13H2,1-2H3,(H,17,18)(H,19,20)/p-2. The van der Waals surface area contributed by atoms with Gasteiger partial charge in [-0.2, -0.15) is 0 Å². The zero-order chi connectivity index (χ0) is 15.4. The van der Waals surface area contributed by atoms with Crippen LogP contribution in [-0.2, 0) is 9.59 Å². The number of carboxylic acid groups (broad SMARTS) is 2. The van der Waals surface area contributed by atoms with Crippen LogP contribution < -0.4 is 10.2 Å². The van der Waals surface area contributed by atoms with Crippen molar-refractivity contribution in [3.8, 4) is 0 Å². The summed E-state index contributed by atoms with van der Waals surface area (Å²) in [5, 5.41) is 21.6. The van der Waals surface area contributed by atoms with Crippen molar-refractivity contribution in [1.29, 1.82) is 0 Å². The average Bonchev–Trinajstić information content (AvgIpc) is 2.40. The van der Waals surface area contributed by atoms with E-state index < -0.39 is 17.4 Å². The molecule has 0 saturated carbocycles. The summed E-state index contributed by atoms with van der Waals surface area (Å²) in [6, 6.07) is 0. The summed E-state index contributed by atoms with van der Waals surface area (Å²) in [6.07, 6.45) is 11.4. The first kappa shape index (κ1) is 18.9. The highest BCUT2D eigenvalue weighted by Crippen LogP contribution is 2.23. The lowest BCUT2D eigenvalue weighted by Gasteiger charge is -2.31. The largest absolute Gasteiger partial charge is 0.549 e. The molecule has 0 spiro atoms. The van der Waals surface area contributed by atoms with Gasteiger partial charge in [0.25, 0.3) is 0 Å². The third-order valence-electron chi connectivity index (χ3n) is 3.93. The Hall–Kier alpha value is -1.06. The summed E-state index contributed by atoms with van der Waals surface area (Å²) >= 11 is 0. The lowest BCUT2D eigenvalue weighted by molar-refractivity contribution is -0.342. The molecule has 0 bridgehead atoms. The van der Waals surface area contributed by atoms with E-state index in [0.717, 1.165) is 19.3 Å². The molecule has 0 atom stereocenters. The van der Waals surface area contributed by atoms with E-state index in [0.29, 0.717) is 6.42 Å².